The summed E-state index contributed by atoms with van der Waals surface area (Å²) in [7, 11) is 0. The minimum atomic E-state index is 0.0876. The number of rotatable bonds is 3. The summed E-state index contributed by atoms with van der Waals surface area (Å²) in [6.07, 6.45) is 1.47. The molecule has 0 bridgehead atoms. The Bertz CT molecular complexity index is 619. The first-order chi connectivity index (χ1) is 9.04. The first kappa shape index (κ1) is 13.9. The number of nitrogens with two attached hydrogens (primary N) is 1. The molecule has 3 N–H and O–H groups in total. The van der Waals surface area contributed by atoms with Gasteiger partial charge in [-0.3, -0.25) is 5.43 Å². The zero-order valence-electron chi connectivity index (χ0n) is 9.56. The maximum atomic E-state index is 5.93. The highest BCUT2D eigenvalue weighted by atomic mass is 35.5. The molecule has 0 spiro atoms. The van der Waals surface area contributed by atoms with E-state index in [2.05, 4.69) is 22.7 Å². The molecule has 0 amide bonds. The van der Waals surface area contributed by atoms with Crippen molar-refractivity contribution in [2.45, 2.75) is 0 Å². The number of nitrogens with one attached hydrogen (secondary N) is 1. The largest absolute Gasteiger partial charge is 0.455 e. The summed E-state index contributed by atoms with van der Waals surface area (Å²) in [5, 5.41) is 4.98. The average Bonchev–Trinajstić information content (AvgIpc) is 2.76. The maximum absolute atomic E-state index is 5.93. The third-order valence-electron chi connectivity index (χ3n) is 2.14. The summed E-state index contributed by atoms with van der Waals surface area (Å²) in [5.74, 6) is 1.19. The first-order valence-electron chi connectivity index (χ1n) is 5.19. The predicted octanol–water partition coefficient (Wildman–Crippen LogP) is 3.42. The molecule has 0 aliphatic carbocycles. The van der Waals surface area contributed by atoms with Crippen LogP contribution in [0.2, 0.25) is 10.0 Å². The smallest absolute Gasteiger partial charge is 0.184 e. The molecule has 0 aliphatic rings. The summed E-state index contributed by atoms with van der Waals surface area (Å²) in [5.41, 5.74) is 8.46. The third-order valence-corrected chi connectivity index (χ3v) is 2.67. The van der Waals surface area contributed by atoms with Crippen molar-refractivity contribution in [2.24, 2.45) is 10.8 Å². The van der Waals surface area contributed by atoms with Crippen LogP contribution in [0.25, 0.3) is 11.3 Å². The van der Waals surface area contributed by atoms with Crippen LogP contribution in [0.1, 0.15) is 5.76 Å². The van der Waals surface area contributed by atoms with E-state index in [4.69, 9.17) is 33.4 Å². The Morgan fingerprint density at radius 2 is 1.95 bits per heavy atom. The molecule has 1 aromatic carbocycles. The number of hydrogen-bond donors (Lipinski definition) is 2. The summed E-state index contributed by atoms with van der Waals surface area (Å²) in [6, 6.07) is 8.74. The Kier molecular flexibility index (Phi) is 4.42. The zero-order valence-corrected chi connectivity index (χ0v) is 11.9. The molecule has 0 atom stereocenters. The molecule has 1 heterocycles. The molecule has 2 rings (SSSR count). The van der Waals surface area contributed by atoms with Crippen molar-refractivity contribution in [1.82, 2.24) is 5.43 Å². The molecule has 19 heavy (non-hydrogen) atoms. The second kappa shape index (κ2) is 6.06. The van der Waals surface area contributed by atoms with Crippen LogP contribution in [0, 0.1) is 0 Å². The molecule has 98 valence electrons. The Morgan fingerprint density at radius 1 is 1.26 bits per heavy atom. The Labute approximate surface area is 125 Å². The molecule has 0 saturated carbocycles. The summed E-state index contributed by atoms with van der Waals surface area (Å²) in [4.78, 5) is 0. The van der Waals surface area contributed by atoms with Crippen LogP contribution in [-0.2, 0) is 0 Å². The van der Waals surface area contributed by atoms with Crippen molar-refractivity contribution in [3.8, 4) is 11.3 Å². The number of nitrogens with zero attached hydrogens (tertiary/aromatic N) is 1. The lowest BCUT2D eigenvalue weighted by molar-refractivity contribution is 0.574. The molecule has 0 fully saturated rings. The highest BCUT2D eigenvalue weighted by Gasteiger charge is 2.06. The minimum Gasteiger partial charge on any atom is -0.455 e. The van der Waals surface area contributed by atoms with Crippen LogP contribution >= 0.6 is 35.4 Å². The van der Waals surface area contributed by atoms with E-state index in [1.807, 2.05) is 0 Å². The fourth-order valence-electron chi connectivity index (χ4n) is 1.43. The summed E-state index contributed by atoms with van der Waals surface area (Å²) in [6.45, 7) is 0. The Morgan fingerprint density at radius 3 is 2.58 bits per heavy atom. The molecular formula is C12H9Cl2N3OS. The maximum Gasteiger partial charge on any atom is 0.184 e. The molecule has 0 unspecified atom stereocenters. The number of hydrogen-bond acceptors (Lipinski definition) is 3. The summed E-state index contributed by atoms with van der Waals surface area (Å²) >= 11 is 16.5. The van der Waals surface area contributed by atoms with E-state index < -0.39 is 0 Å². The van der Waals surface area contributed by atoms with Gasteiger partial charge in [0.25, 0.3) is 0 Å². The third kappa shape index (κ3) is 3.96. The van der Waals surface area contributed by atoms with Gasteiger partial charge in [0, 0.05) is 15.6 Å². The highest BCUT2D eigenvalue weighted by molar-refractivity contribution is 7.80. The van der Waals surface area contributed by atoms with Gasteiger partial charge < -0.3 is 10.2 Å². The number of furan rings is 1. The van der Waals surface area contributed by atoms with Crippen molar-refractivity contribution >= 4 is 46.7 Å². The van der Waals surface area contributed by atoms with Crippen LogP contribution in [0.4, 0.5) is 0 Å². The van der Waals surface area contributed by atoms with Crippen LogP contribution < -0.4 is 11.2 Å². The lowest BCUT2D eigenvalue weighted by Crippen LogP contribution is -2.23. The molecule has 0 radical (unpaired) electrons. The number of hydrazone groups is 1. The van der Waals surface area contributed by atoms with E-state index in [1.165, 1.54) is 6.21 Å². The molecular weight excluding hydrogens is 305 g/mol. The Balaban J connectivity index is 2.20. The quantitative estimate of drug-likeness (QED) is 0.518. The standard InChI is InChI=1S/C12H9Cl2N3OS/c13-8-3-7(4-9(14)5-8)11-2-1-10(18-11)6-16-17-12(15)19/h1-6H,(H3,15,17,19). The highest BCUT2D eigenvalue weighted by Crippen LogP contribution is 2.28. The van der Waals surface area contributed by atoms with E-state index in [-0.39, 0.29) is 5.11 Å². The van der Waals surface area contributed by atoms with Gasteiger partial charge in [-0.05, 0) is 42.5 Å². The lowest BCUT2D eigenvalue weighted by atomic mass is 10.2. The van der Waals surface area contributed by atoms with E-state index in [0.29, 0.717) is 21.6 Å². The SMILES string of the molecule is NC(=S)NN=Cc1ccc(-c2cc(Cl)cc(Cl)c2)o1. The van der Waals surface area contributed by atoms with E-state index in [1.54, 1.807) is 30.3 Å². The topological polar surface area (TPSA) is 63.5 Å². The van der Waals surface area contributed by atoms with Crippen molar-refractivity contribution in [2.75, 3.05) is 0 Å². The second-order valence-corrected chi connectivity index (χ2v) is 4.91. The van der Waals surface area contributed by atoms with Crippen molar-refractivity contribution in [1.29, 1.82) is 0 Å². The van der Waals surface area contributed by atoms with Gasteiger partial charge in [-0.1, -0.05) is 23.2 Å². The Hall–Kier alpha value is -1.56. The second-order valence-electron chi connectivity index (χ2n) is 3.59. The van der Waals surface area contributed by atoms with Crippen molar-refractivity contribution in [3.05, 3.63) is 46.1 Å². The minimum absolute atomic E-state index is 0.0876. The summed E-state index contributed by atoms with van der Waals surface area (Å²) < 4.78 is 5.57. The molecule has 0 saturated heterocycles. The van der Waals surface area contributed by atoms with Gasteiger partial charge in [0.05, 0.1) is 6.21 Å². The molecule has 4 nitrogen and oxygen atoms in total. The number of thiocarbonyl (C=S) groups is 1. The number of halogens is 2. The van der Waals surface area contributed by atoms with Crippen LogP contribution in [-0.4, -0.2) is 11.3 Å². The fraction of sp³-hybridized carbons (Fsp3) is 0. The van der Waals surface area contributed by atoms with E-state index in [9.17, 15) is 0 Å². The van der Waals surface area contributed by atoms with Gasteiger partial charge in [0.1, 0.15) is 11.5 Å². The predicted molar refractivity (Wildman–Crippen MR) is 81.7 cm³/mol. The van der Waals surface area contributed by atoms with Gasteiger partial charge in [-0.15, -0.1) is 0 Å². The molecule has 1 aromatic heterocycles. The van der Waals surface area contributed by atoms with E-state index in [0.717, 1.165) is 5.56 Å². The lowest BCUT2D eigenvalue weighted by Gasteiger charge is -1.99. The van der Waals surface area contributed by atoms with Crippen molar-refractivity contribution in [3.63, 3.8) is 0 Å². The van der Waals surface area contributed by atoms with Gasteiger partial charge in [0.15, 0.2) is 5.11 Å². The first-order valence-corrected chi connectivity index (χ1v) is 6.36. The average molecular weight is 314 g/mol. The molecule has 0 aliphatic heterocycles. The fourth-order valence-corrected chi connectivity index (χ4v) is 2.01. The van der Waals surface area contributed by atoms with Gasteiger partial charge in [0.2, 0.25) is 0 Å². The van der Waals surface area contributed by atoms with Gasteiger partial charge in [-0.25, -0.2) is 0 Å². The van der Waals surface area contributed by atoms with Crippen LogP contribution in [0.3, 0.4) is 0 Å². The zero-order chi connectivity index (χ0) is 13.8. The monoisotopic (exact) mass is 313 g/mol. The van der Waals surface area contributed by atoms with Crippen LogP contribution in [0.5, 0.6) is 0 Å². The van der Waals surface area contributed by atoms with Crippen LogP contribution in [0.15, 0.2) is 39.9 Å². The van der Waals surface area contributed by atoms with Gasteiger partial charge in [-0.2, -0.15) is 5.10 Å². The number of benzene rings is 1. The van der Waals surface area contributed by atoms with Crippen molar-refractivity contribution < 1.29 is 4.42 Å². The molecule has 2 aromatic rings. The normalized spacial score (nSPS) is 10.8. The van der Waals surface area contributed by atoms with E-state index >= 15 is 0 Å². The van der Waals surface area contributed by atoms with Gasteiger partial charge >= 0.3 is 0 Å². The molecule has 7 heteroatoms.